The summed E-state index contributed by atoms with van der Waals surface area (Å²) in [6, 6.07) is 0.562. The number of hydrogen-bond acceptors (Lipinski definition) is 6. The van der Waals surface area contributed by atoms with E-state index in [0.717, 1.165) is 0 Å². The maximum absolute atomic E-state index is 12.9. The van der Waals surface area contributed by atoms with E-state index in [1.165, 1.54) is 11.8 Å². The summed E-state index contributed by atoms with van der Waals surface area (Å²) in [6.07, 6.45) is -4.81. The van der Waals surface area contributed by atoms with Crippen LogP contribution in [0.15, 0.2) is 12.1 Å². The average molecular weight is 365 g/mol. The van der Waals surface area contributed by atoms with Crippen molar-refractivity contribution in [2.24, 2.45) is 0 Å². The molecule has 25 heavy (non-hydrogen) atoms. The SMILES string of the molecule is CCCCN(CC(C)O)c1c([N+](=O)[O-])cc(C(F)(F)F)cc1[N+](=O)[O-]. The number of rotatable bonds is 8. The Balaban J connectivity index is 3.67. The zero-order valence-corrected chi connectivity index (χ0v) is 13.6. The van der Waals surface area contributed by atoms with Crippen molar-refractivity contribution in [2.75, 3.05) is 18.0 Å². The number of unbranched alkanes of at least 4 members (excludes halogenated alkanes) is 1. The summed E-state index contributed by atoms with van der Waals surface area (Å²) in [4.78, 5) is 21.5. The maximum Gasteiger partial charge on any atom is 0.416 e. The second-order valence-electron chi connectivity index (χ2n) is 5.52. The van der Waals surface area contributed by atoms with Crippen LogP contribution in [0, 0.1) is 20.2 Å². The van der Waals surface area contributed by atoms with Gasteiger partial charge in [-0.15, -0.1) is 0 Å². The number of alkyl halides is 3. The molecular weight excluding hydrogens is 347 g/mol. The number of hydrogen-bond donors (Lipinski definition) is 1. The number of nitro benzene ring substituents is 2. The normalized spacial score (nSPS) is 12.7. The molecule has 1 N–H and O–H groups in total. The molecule has 0 aromatic heterocycles. The third kappa shape index (κ3) is 5.28. The third-order valence-corrected chi connectivity index (χ3v) is 3.37. The predicted octanol–water partition coefficient (Wildman–Crippen LogP) is 3.51. The van der Waals surface area contributed by atoms with Crippen LogP contribution in [0.1, 0.15) is 32.3 Å². The van der Waals surface area contributed by atoms with Crippen molar-refractivity contribution >= 4 is 17.1 Å². The molecule has 0 bridgehead atoms. The van der Waals surface area contributed by atoms with Gasteiger partial charge in [0.2, 0.25) is 0 Å². The molecule has 140 valence electrons. The Morgan fingerprint density at radius 2 is 1.68 bits per heavy atom. The lowest BCUT2D eigenvalue weighted by molar-refractivity contribution is -0.393. The van der Waals surface area contributed by atoms with Crippen LogP contribution in [0.25, 0.3) is 0 Å². The van der Waals surface area contributed by atoms with Gasteiger partial charge < -0.3 is 10.0 Å². The lowest BCUT2D eigenvalue weighted by atomic mass is 10.1. The summed E-state index contributed by atoms with van der Waals surface area (Å²) < 4.78 is 38.8. The van der Waals surface area contributed by atoms with Gasteiger partial charge in [0.25, 0.3) is 11.4 Å². The predicted molar refractivity (Wildman–Crippen MR) is 83.6 cm³/mol. The van der Waals surface area contributed by atoms with Crippen molar-refractivity contribution in [3.05, 3.63) is 37.9 Å². The first-order chi connectivity index (χ1) is 11.5. The molecular formula is C14H18F3N3O5. The van der Waals surface area contributed by atoms with Crippen LogP contribution in [0.4, 0.5) is 30.2 Å². The second-order valence-corrected chi connectivity index (χ2v) is 5.52. The van der Waals surface area contributed by atoms with Crippen LogP contribution in [0.2, 0.25) is 0 Å². The maximum atomic E-state index is 12.9. The molecule has 0 aliphatic heterocycles. The Morgan fingerprint density at radius 3 is 2.00 bits per heavy atom. The molecule has 8 nitrogen and oxygen atoms in total. The zero-order valence-electron chi connectivity index (χ0n) is 13.6. The largest absolute Gasteiger partial charge is 0.416 e. The van der Waals surface area contributed by atoms with Gasteiger partial charge in [-0.05, 0) is 13.3 Å². The highest BCUT2D eigenvalue weighted by atomic mass is 19.4. The van der Waals surface area contributed by atoms with Gasteiger partial charge in [0.1, 0.15) is 0 Å². The van der Waals surface area contributed by atoms with Crippen LogP contribution in [0.3, 0.4) is 0 Å². The van der Waals surface area contributed by atoms with E-state index in [2.05, 4.69) is 0 Å². The molecule has 1 atom stereocenters. The standard InChI is InChI=1S/C14H18F3N3O5/c1-3-4-5-18(8-9(2)21)13-11(19(22)23)6-10(14(15,16)17)7-12(13)20(24)25/h6-7,9,21H,3-5,8H2,1-2H3. The molecule has 1 unspecified atom stereocenters. The summed E-state index contributed by atoms with van der Waals surface area (Å²) in [5, 5.41) is 32.1. The van der Waals surface area contributed by atoms with Crippen molar-refractivity contribution in [3.8, 4) is 0 Å². The second kappa shape index (κ2) is 8.10. The van der Waals surface area contributed by atoms with Gasteiger partial charge in [0, 0.05) is 25.2 Å². The van der Waals surface area contributed by atoms with E-state index in [1.807, 2.05) is 6.92 Å². The van der Waals surface area contributed by atoms with Gasteiger partial charge in [0.05, 0.1) is 21.5 Å². The van der Waals surface area contributed by atoms with E-state index in [-0.39, 0.29) is 25.2 Å². The Hall–Kier alpha value is -2.43. The quantitative estimate of drug-likeness (QED) is 0.558. The summed E-state index contributed by atoms with van der Waals surface area (Å²) >= 11 is 0. The summed E-state index contributed by atoms with van der Waals surface area (Å²) in [5.74, 6) is 0. The first-order valence-electron chi connectivity index (χ1n) is 7.46. The number of aliphatic hydroxyl groups is 1. The van der Waals surface area contributed by atoms with Crippen molar-refractivity contribution < 1.29 is 28.1 Å². The van der Waals surface area contributed by atoms with Gasteiger partial charge in [-0.3, -0.25) is 20.2 Å². The summed E-state index contributed by atoms with van der Waals surface area (Å²) in [6.45, 7) is 3.12. The monoisotopic (exact) mass is 365 g/mol. The number of benzene rings is 1. The molecule has 1 aromatic rings. The molecule has 0 radical (unpaired) electrons. The van der Waals surface area contributed by atoms with Crippen molar-refractivity contribution in [1.82, 2.24) is 0 Å². The lowest BCUT2D eigenvalue weighted by Gasteiger charge is -2.25. The molecule has 0 spiro atoms. The fourth-order valence-electron chi connectivity index (χ4n) is 2.33. The molecule has 0 saturated heterocycles. The Kier molecular flexibility index (Phi) is 6.68. The zero-order chi connectivity index (χ0) is 19.4. The molecule has 1 rings (SSSR count). The molecule has 0 saturated carbocycles. The molecule has 11 heteroatoms. The van der Waals surface area contributed by atoms with Gasteiger partial charge >= 0.3 is 6.18 Å². The molecule has 0 aliphatic carbocycles. The molecule has 0 heterocycles. The van der Waals surface area contributed by atoms with Crippen molar-refractivity contribution in [2.45, 2.75) is 39.0 Å². The van der Waals surface area contributed by atoms with Crippen LogP contribution in [-0.4, -0.2) is 34.1 Å². The Bertz CT molecular complexity index is 614. The minimum atomic E-state index is -4.97. The van der Waals surface area contributed by atoms with Gasteiger partial charge in [-0.25, -0.2) is 0 Å². The fourth-order valence-corrected chi connectivity index (χ4v) is 2.33. The Labute approximate surface area is 141 Å². The summed E-state index contributed by atoms with van der Waals surface area (Å²) in [7, 11) is 0. The highest BCUT2D eigenvalue weighted by Gasteiger charge is 2.39. The van der Waals surface area contributed by atoms with Crippen LogP contribution in [0.5, 0.6) is 0 Å². The molecule has 1 aromatic carbocycles. The molecule has 0 fully saturated rings. The fraction of sp³-hybridized carbons (Fsp3) is 0.571. The lowest BCUT2D eigenvalue weighted by Crippen LogP contribution is -2.33. The van der Waals surface area contributed by atoms with E-state index in [0.29, 0.717) is 12.8 Å². The highest BCUT2D eigenvalue weighted by molar-refractivity contribution is 5.76. The number of halogens is 3. The number of anilines is 1. The smallest absolute Gasteiger partial charge is 0.392 e. The Morgan fingerprint density at radius 1 is 1.20 bits per heavy atom. The van der Waals surface area contributed by atoms with Crippen LogP contribution in [-0.2, 0) is 6.18 Å². The topological polar surface area (TPSA) is 110 Å². The summed E-state index contributed by atoms with van der Waals surface area (Å²) in [5.41, 5.74) is -4.03. The van der Waals surface area contributed by atoms with E-state index < -0.39 is 44.8 Å². The van der Waals surface area contributed by atoms with Crippen molar-refractivity contribution in [3.63, 3.8) is 0 Å². The third-order valence-electron chi connectivity index (χ3n) is 3.37. The van der Waals surface area contributed by atoms with Gasteiger partial charge in [-0.2, -0.15) is 13.2 Å². The van der Waals surface area contributed by atoms with E-state index >= 15 is 0 Å². The van der Waals surface area contributed by atoms with E-state index in [9.17, 15) is 38.5 Å². The minimum absolute atomic E-state index is 0.119. The van der Waals surface area contributed by atoms with Crippen LogP contribution >= 0.6 is 0 Å². The first kappa shape index (κ1) is 20.6. The minimum Gasteiger partial charge on any atom is -0.392 e. The molecule has 0 amide bonds. The van der Waals surface area contributed by atoms with Gasteiger partial charge in [0.15, 0.2) is 5.69 Å². The van der Waals surface area contributed by atoms with Gasteiger partial charge in [-0.1, -0.05) is 13.3 Å². The molecule has 0 aliphatic rings. The number of nitro groups is 2. The van der Waals surface area contributed by atoms with E-state index in [1.54, 1.807) is 0 Å². The number of aliphatic hydroxyl groups excluding tert-OH is 1. The highest BCUT2D eigenvalue weighted by Crippen LogP contribution is 2.43. The number of nitrogens with zero attached hydrogens (tertiary/aromatic N) is 3. The average Bonchev–Trinajstić information content (AvgIpc) is 2.48. The van der Waals surface area contributed by atoms with E-state index in [4.69, 9.17) is 0 Å². The van der Waals surface area contributed by atoms with Crippen molar-refractivity contribution in [1.29, 1.82) is 0 Å². The van der Waals surface area contributed by atoms with Crippen LogP contribution < -0.4 is 4.90 Å². The first-order valence-corrected chi connectivity index (χ1v) is 7.46.